The average molecular weight is 237 g/mol. The quantitative estimate of drug-likeness (QED) is 0.856. The number of hydrogen-bond acceptors (Lipinski definition) is 5. The molecule has 0 aliphatic rings. The standard InChI is InChI=1S/C10H15N5S/c1-3-9(10-11-4-5-16-10)12-6-8-7-15(2)14-13-8/h4-5,7,9,12H,3,6H2,1-2H3. The Balaban J connectivity index is 1.93. The zero-order valence-electron chi connectivity index (χ0n) is 9.42. The van der Waals surface area contributed by atoms with Gasteiger partial charge in [-0.25, -0.2) is 4.98 Å². The first kappa shape index (κ1) is 11.2. The van der Waals surface area contributed by atoms with Gasteiger partial charge in [0.25, 0.3) is 0 Å². The largest absolute Gasteiger partial charge is 0.302 e. The van der Waals surface area contributed by atoms with Gasteiger partial charge in [0.2, 0.25) is 0 Å². The third-order valence-electron chi connectivity index (χ3n) is 2.34. The maximum atomic E-state index is 4.32. The minimum absolute atomic E-state index is 0.307. The van der Waals surface area contributed by atoms with E-state index < -0.39 is 0 Å². The monoisotopic (exact) mass is 237 g/mol. The third-order valence-corrected chi connectivity index (χ3v) is 3.23. The van der Waals surface area contributed by atoms with E-state index in [4.69, 9.17) is 0 Å². The number of aromatic nitrogens is 4. The van der Waals surface area contributed by atoms with Crippen molar-refractivity contribution in [2.24, 2.45) is 7.05 Å². The van der Waals surface area contributed by atoms with E-state index in [1.807, 2.05) is 24.8 Å². The van der Waals surface area contributed by atoms with E-state index in [0.717, 1.165) is 23.7 Å². The molecule has 2 aromatic rings. The van der Waals surface area contributed by atoms with Crippen molar-refractivity contribution in [1.82, 2.24) is 25.3 Å². The first-order valence-electron chi connectivity index (χ1n) is 5.27. The highest BCUT2D eigenvalue weighted by atomic mass is 32.1. The number of nitrogens with zero attached hydrogens (tertiary/aromatic N) is 4. The van der Waals surface area contributed by atoms with Crippen LogP contribution in [0.2, 0.25) is 0 Å². The van der Waals surface area contributed by atoms with Crippen LogP contribution < -0.4 is 5.32 Å². The van der Waals surface area contributed by atoms with Gasteiger partial charge in [0, 0.05) is 31.4 Å². The van der Waals surface area contributed by atoms with Gasteiger partial charge in [-0.2, -0.15) is 0 Å². The molecule has 0 saturated carbocycles. The van der Waals surface area contributed by atoms with E-state index in [-0.39, 0.29) is 0 Å². The molecule has 0 bridgehead atoms. The van der Waals surface area contributed by atoms with Crippen LogP contribution in [-0.2, 0) is 13.6 Å². The van der Waals surface area contributed by atoms with Crippen LogP contribution in [0, 0.1) is 0 Å². The van der Waals surface area contributed by atoms with Gasteiger partial charge in [0.05, 0.1) is 11.7 Å². The molecule has 16 heavy (non-hydrogen) atoms. The van der Waals surface area contributed by atoms with Gasteiger partial charge in [0.1, 0.15) is 5.01 Å². The molecule has 0 amide bonds. The maximum Gasteiger partial charge on any atom is 0.109 e. The lowest BCUT2D eigenvalue weighted by atomic mass is 10.2. The number of nitrogens with one attached hydrogen (secondary N) is 1. The zero-order chi connectivity index (χ0) is 11.4. The van der Waals surface area contributed by atoms with E-state index in [2.05, 4.69) is 27.5 Å². The van der Waals surface area contributed by atoms with Crippen LogP contribution in [0.5, 0.6) is 0 Å². The molecule has 0 fully saturated rings. The molecule has 1 atom stereocenters. The summed E-state index contributed by atoms with van der Waals surface area (Å²) in [5.41, 5.74) is 0.956. The molecule has 2 rings (SSSR count). The highest BCUT2D eigenvalue weighted by Gasteiger charge is 2.11. The lowest BCUT2D eigenvalue weighted by molar-refractivity contribution is 0.511. The molecule has 0 saturated heterocycles. The molecule has 0 aliphatic carbocycles. The van der Waals surface area contributed by atoms with Gasteiger partial charge >= 0.3 is 0 Å². The molecular formula is C10H15N5S. The Kier molecular flexibility index (Phi) is 3.63. The lowest BCUT2D eigenvalue weighted by Gasteiger charge is -2.12. The fraction of sp³-hybridized carbons (Fsp3) is 0.500. The van der Waals surface area contributed by atoms with Gasteiger partial charge in [-0.15, -0.1) is 16.4 Å². The first-order valence-corrected chi connectivity index (χ1v) is 6.15. The molecule has 1 N–H and O–H groups in total. The SMILES string of the molecule is CCC(NCc1cn(C)nn1)c1nccs1. The summed E-state index contributed by atoms with van der Waals surface area (Å²) < 4.78 is 1.71. The molecule has 5 nitrogen and oxygen atoms in total. The fourth-order valence-electron chi connectivity index (χ4n) is 1.52. The van der Waals surface area contributed by atoms with Gasteiger partial charge in [-0.05, 0) is 6.42 Å². The Bertz CT molecular complexity index is 422. The minimum atomic E-state index is 0.307. The van der Waals surface area contributed by atoms with Crippen molar-refractivity contribution in [3.63, 3.8) is 0 Å². The van der Waals surface area contributed by atoms with Crippen molar-refractivity contribution in [1.29, 1.82) is 0 Å². The van der Waals surface area contributed by atoms with E-state index in [9.17, 15) is 0 Å². The van der Waals surface area contributed by atoms with Crippen molar-refractivity contribution in [2.75, 3.05) is 0 Å². The van der Waals surface area contributed by atoms with E-state index >= 15 is 0 Å². The second-order valence-electron chi connectivity index (χ2n) is 3.60. The Hall–Kier alpha value is -1.27. The Labute approximate surface area is 98.5 Å². The molecule has 2 heterocycles. The predicted octanol–water partition coefficient (Wildman–Crippen LogP) is 1.51. The fourth-order valence-corrected chi connectivity index (χ4v) is 2.31. The van der Waals surface area contributed by atoms with E-state index in [0.29, 0.717) is 6.04 Å². The van der Waals surface area contributed by atoms with Crippen molar-refractivity contribution in [3.05, 3.63) is 28.5 Å². The number of thiazole rings is 1. The lowest BCUT2D eigenvalue weighted by Crippen LogP contribution is -2.20. The summed E-state index contributed by atoms with van der Waals surface area (Å²) in [6.45, 7) is 2.88. The van der Waals surface area contributed by atoms with Gasteiger partial charge in [-0.3, -0.25) is 4.68 Å². The van der Waals surface area contributed by atoms with Gasteiger partial charge < -0.3 is 5.32 Å². The van der Waals surface area contributed by atoms with Crippen molar-refractivity contribution < 1.29 is 0 Å². The summed E-state index contributed by atoms with van der Waals surface area (Å²) in [6, 6.07) is 0.307. The van der Waals surface area contributed by atoms with Crippen LogP contribution in [-0.4, -0.2) is 20.0 Å². The summed E-state index contributed by atoms with van der Waals surface area (Å²) in [5.74, 6) is 0. The molecule has 0 spiro atoms. The molecule has 86 valence electrons. The van der Waals surface area contributed by atoms with Crippen molar-refractivity contribution in [2.45, 2.75) is 25.9 Å². The molecule has 2 aromatic heterocycles. The number of hydrogen-bond donors (Lipinski definition) is 1. The minimum Gasteiger partial charge on any atom is -0.302 e. The second-order valence-corrected chi connectivity index (χ2v) is 4.52. The third kappa shape index (κ3) is 2.65. The summed E-state index contributed by atoms with van der Waals surface area (Å²) in [4.78, 5) is 4.32. The van der Waals surface area contributed by atoms with Crippen molar-refractivity contribution in [3.8, 4) is 0 Å². The summed E-state index contributed by atoms with van der Waals surface area (Å²) in [7, 11) is 1.87. The van der Waals surface area contributed by atoms with Crippen LogP contribution in [0.25, 0.3) is 0 Å². The summed E-state index contributed by atoms with van der Waals surface area (Å²) in [5, 5.41) is 14.5. The molecular weight excluding hydrogens is 222 g/mol. The maximum absolute atomic E-state index is 4.32. The summed E-state index contributed by atoms with van der Waals surface area (Å²) >= 11 is 1.68. The normalized spacial score (nSPS) is 12.9. The Morgan fingerprint density at radius 3 is 3.00 bits per heavy atom. The highest BCUT2D eigenvalue weighted by molar-refractivity contribution is 7.09. The van der Waals surface area contributed by atoms with Gasteiger partial charge in [-0.1, -0.05) is 12.1 Å². The molecule has 6 heteroatoms. The van der Waals surface area contributed by atoms with Gasteiger partial charge in [0.15, 0.2) is 0 Å². The van der Waals surface area contributed by atoms with E-state index in [1.165, 1.54) is 0 Å². The van der Waals surface area contributed by atoms with Crippen LogP contribution in [0.15, 0.2) is 17.8 Å². The summed E-state index contributed by atoms with van der Waals surface area (Å²) in [6.07, 6.45) is 4.78. The number of rotatable bonds is 5. The molecule has 0 aromatic carbocycles. The van der Waals surface area contributed by atoms with Crippen LogP contribution in [0.1, 0.15) is 30.1 Å². The Morgan fingerprint density at radius 1 is 1.56 bits per heavy atom. The van der Waals surface area contributed by atoms with Crippen LogP contribution >= 0.6 is 11.3 Å². The molecule has 1 unspecified atom stereocenters. The Morgan fingerprint density at radius 2 is 2.44 bits per heavy atom. The molecule has 0 aliphatic heterocycles. The van der Waals surface area contributed by atoms with Crippen molar-refractivity contribution >= 4 is 11.3 Å². The highest BCUT2D eigenvalue weighted by Crippen LogP contribution is 2.18. The zero-order valence-corrected chi connectivity index (χ0v) is 10.2. The smallest absolute Gasteiger partial charge is 0.109 e. The number of aryl methyl sites for hydroxylation is 1. The van der Waals surface area contributed by atoms with Crippen LogP contribution in [0.3, 0.4) is 0 Å². The molecule has 0 radical (unpaired) electrons. The predicted molar refractivity (Wildman–Crippen MR) is 63.0 cm³/mol. The van der Waals surface area contributed by atoms with Crippen LogP contribution in [0.4, 0.5) is 0 Å². The average Bonchev–Trinajstić information content (AvgIpc) is 2.91. The second kappa shape index (κ2) is 5.18. The first-order chi connectivity index (χ1) is 7.79. The van der Waals surface area contributed by atoms with E-state index in [1.54, 1.807) is 16.0 Å². The topological polar surface area (TPSA) is 55.6 Å².